The molecule has 174 valence electrons. The third kappa shape index (κ3) is 6.48. The first kappa shape index (κ1) is 24.6. The number of hydrogen-bond donors (Lipinski definition) is 2. The molecule has 2 N–H and O–H groups in total. The Bertz CT molecular complexity index is 1070. The molecule has 0 radical (unpaired) electrons. The molecule has 0 aliphatic carbocycles. The van der Waals surface area contributed by atoms with Gasteiger partial charge in [-0.3, -0.25) is 9.59 Å². The van der Waals surface area contributed by atoms with E-state index >= 15 is 0 Å². The van der Waals surface area contributed by atoms with Crippen molar-refractivity contribution in [2.45, 2.75) is 27.7 Å². The standard InChI is InChI=1S/C28H30N4O2/c1-19(2)25(21-11-7-5-8-12-21)29-31-27(33)23-15-17-24(18-16-23)28(34)32-30-26(20(3)4)22-13-9-6-10-14-22/h5-20H,1-4H3,(H,31,33)(H,32,34)/b29-25+,30-26+. The molecule has 0 aliphatic rings. The lowest BCUT2D eigenvalue weighted by Crippen LogP contribution is -2.23. The summed E-state index contributed by atoms with van der Waals surface area (Å²) in [6.07, 6.45) is 0. The van der Waals surface area contributed by atoms with Gasteiger partial charge in [0.25, 0.3) is 11.8 Å². The third-order valence-electron chi connectivity index (χ3n) is 5.20. The van der Waals surface area contributed by atoms with Gasteiger partial charge in [-0.1, -0.05) is 88.4 Å². The number of nitrogens with zero attached hydrogens (tertiary/aromatic N) is 2. The van der Waals surface area contributed by atoms with Gasteiger partial charge in [0.05, 0.1) is 11.4 Å². The van der Waals surface area contributed by atoms with Crippen LogP contribution in [-0.2, 0) is 0 Å². The van der Waals surface area contributed by atoms with Crippen LogP contribution < -0.4 is 10.9 Å². The van der Waals surface area contributed by atoms with Crippen LogP contribution in [0.5, 0.6) is 0 Å². The van der Waals surface area contributed by atoms with Crippen molar-refractivity contribution in [3.63, 3.8) is 0 Å². The lowest BCUT2D eigenvalue weighted by molar-refractivity contribution is 0.0943. The summed E-state index contributed by atoms with van der Waals surface area (Å²) in [5.74, 6) is -0.405. The van der Waals surface area contributed by atoms with Crippen LogP contribution >= 0.6 is 0 Å². The van der Waals surface area contributed by atoms with Crippen molar-refractivity contribution in [1.29, 1.82) is 0 Å². The second-order valence-corrected chi connectivity index (χ2v) is 8.49. The fourth-order valence-electron chi connectivity index (χ4n) is 3.40. The van der Waals surface area contributed by atoms with Crippen LogP contribution in [0.3, 0.4) is 0 Å². The van der Waals surface area contributed by atoms with Crippen molar-refractivity contribution in [3.8, 4) is 0 Å². The summed E-state index contributed by atoms with van der Waals surface area (Å²) in [5.41, 5.74) is 9.58. The van der Waals surface area contributed by atoms with Crippen molar-refractivity contribution in [2.24, 2.45) is 22.0 Å². The minimum absolute atomic E-state index is 0.140. The summed E-state index contributed by atoms with van der Waals surface area (Å²) in [6, 6.07) is 25.9. The van der Waals surface area contributed by atoms with E-state index in [-0.39, 0.29) is 23.7 Å². The first-order valence-corrected chi connectivity index (χ1v) is 11.3. The zero-order chi connectivity index (χ0) is 24.5. The van der Waals surface area contributed by atoms with E-state index in [1.165, 1.54) is 0 Å². The summed E-state index contributed by atoms with van der Waals surface area (Å²) in [7, 11) is 0. The van der Waals surface area contributed by atoms with Crippen molar-refractivity contribution in [3.05, 3.63) is 107 Å². The molecule has 3 rings (SSSR count). The predicted molar refractivity (Wildman–Crippen MR) is 137 cm³/mol. The fourth-order valence-corrected chi connectivity index (χ4v) is 3.40. The molecule has 0 heterocycles. The monoisotopic (exact) mass is 454 g/mol. The normalized spacial score (nSPS) is 12.1. The molecule has 0 unspecified atom stereocenters. The van der Waals surface area contributed by atoms with E-state index in [1.807, 2.05) is 88.4 Å². The Morgan fingerprint density at radius 1 is 0.529 bits per heavy atom. The smallest absolute Gasteiger partial charge is 0.267 e. The van der Waals surface area contributed by atoms with Gasteiger partial charge in [-0.2, -0.15) is 10.2 Å². The number of hydrazone groups is 2. The third-order valence-corrected chi connectivity index (χ3v) is 5.20. The number of amides is 2. The van der Waals surface area contributed by atoms with Crippen LogP contribution in [0.2, 0.25) is 0 Å². The Kier molecular flexibility index (Phi) is 8.46. The summed E-state index contributed by atoms with van der Waals surface area (Å²) in [5, 5.41) is 8.68. The van der Waals surface area contributed by atoms with Gasteiger partial charge in [0.2, 0.25) is 0 Å². The highest BCUT2D eigenvalue weighted by molar-refractivity contribution is 6.04. The van der Waals surface area contributed by atoms with Gasteiger partial charge < -0.3 is 0 Å². The van der Waals surface area contributed by atoms with E-state index in [0.29, 0.717) is 11.1 Å². The summed E-state index contributed by atoms with van der Waals surface area (Å²) >= 11 is 0. The maximum Gasteiger partial charge on any atom is 0.271 e. The van der Waals surface area contributed by atoms with Crippen molar-refractivity contribution >= 4 is 23.2 Å². The van der Waals surface area contributed by atoms with Gasteiger partial charge in [-0.15, -0.1) is 0 Å². The minimum atomic E-state index is -0.342. The van der Waals surface area contributed by atoms with Crippen molar-refractivity contribution < 1.29 is 9.59 Å². The first-order valence-electron chi connectivity index (χ1n) is 11.3. The van der Waals surface area contributed by atoms with Gasteiger partial charge >= 0.3 is 0 Å². The Balaban J connectivity index is 1.68. The van der Waals surface area contributed by atoms with Crippen LogP contribution in [0, 0.1) is 11.8 Å². The Labute approximate surface area is 200 Å². The molecule has 0 fully saturated rings. The molecule has 0 saturated carbocycles. The average Bonchev–Trinajstić information content (AvgIpc) is 2.85. The molecule has 6 nitrogen and oxygen atoms in total. The van der Waals surface area contributed by atoms with E-state index in [2.05, 4.69) is 21.1 Å². The molecular formula is C28H30N4O2. The van der Waals surface area contributed by atoms with E-state index < -0.39 is 0 Å². The number of hydrogen-bond acceptors (Lipinski definition) is 4. The van der Waals surface area contributed by atoms with Crippen LogP contribution in [-0.4, -0.2) is 23.2 Å². The molecule has 0 aliphatic heterocycles. The van der Waals surface area contributed by atoms with Gasteiger partial charge in [0, 0.05) is 11.1 Å². The second kappa shape index (κ2) is 11.7. The molecule has 6 heteroatoms. The molecule has 2 amide bonds. The number of carbonyl (C=O) groups excluding carboxylic acids is 2. The summed E-state index contributed by atoms with van der Waals surface area (Å²) in [6.45, 7) is 8.10. The maximum absolute atomic E-state index is 12.6. The summed E-state index contributed by atoms with van der Waals surface area (Å²) in [4.78, 5) is 25.2. The highest BCUT2D eigenvalue weighted by Gasteiger charge is 2.13. The molecule has 34 heavy (non-hydrogen) atoms. The number of rotatable bonds is 8. The van der Waals surface area contributed by atoms with Crippen molar-refractivity contribution in [2.75, 3.05) is 0 Å². The van der Waals surface area contributed by atoms with Gasteiger partial charge in [0.1, 0.15) is 0 Å². The Morgan fingerprint density at radius 3 is 1.15 bits per heavy atom. The minimum Gasteiger partial charge on any atom is -0.267 e. The van der Waals surface area contributed by atoms with Gasteiger partial charge in [-0.05, 0) is 47.2 Å². The largest absolute Gasteiger partial charge is 0.271 e. The molecule has 0 saturated heterocycles. The van der Waals surface area contributed by atoms with E-state index in [4.69, 9.17) is 0 Å². The molecule has 0 spiro atoms. The van der Waals surface area contributed by atoms with Crippen LogP contribution in [0.4, 0.5) is 0 Å². The number of benzene rings is 3. The fraction of sp³-hybridized carbons (Fsp3) is 0.214. The summed E-state index contributed by atoms with van der Waals surface area (Å²) < 4.78 is 0. The SMILES string of the molecule is CC(C)/C(=N\NC(=O)c1ccc(C(=O)N/N=C(/c2ccccc2)C(C)C)cc1)c1ccccc1. The molecule has 0 atom stereocenters. The molecular weight excluding hydrogens is 424 g/mol. The number of nitrogens with one attached hydrogen (secondary N) is 2. The zero-order valence-corrected chi connectivity index (χ0v) is 19.9. The predicted octanol–water partition coefficient (Wildman–Crippen LogP) is 5.27. The quantitative estimate of drug-likeness (QED) is 0.359. The Morgan fingerprint density at radius 2 is 0.853 bits per heavy atom. The lowest BCUT2D eigenvalue weighted by Gasteiger charge is -2.11. The van der Waals surface area contributed by atoms with Crippen LogP contribution in [0.1, 0.15) is 59.5 Å². The van der Waals surface area contributed by atoms with E-state index in [0.717, 1.165) is 22.6 Å². The molecule has 0 bridgehead atoms. The highest BCUT2D eigenvalue weighted by atomic mass is 16.2. The van der Waals surface area contributed by atoms with E-state index in [9.17, 15) is 9.59 Å². The molecule has 3 aromatic rings. The van der Waals surface area contributed by atoms with Gasteiger partial charge in [-0.25, -0.2) is 10.9 Å². The zero-order valence-electron chi connectivity index (χ0n) is 19.9. The topological polar surface area (TPSA) is 82.9 Å². The average molecular weight is 455 g/mol. The first-order chi connectivity index (χ1) is 16.4. The van der Waals surface area contributed by atoms with Crippen LogP contribution in [0.15, 0.2) is 95.1 Å². The Hall–Kier alpha value is -4.06. The van der Waals surface area contributed by atoms with Crippen molar-refractivity contribution in [1.82, 2.24) is 10.9 Å². The maximum atomic E-state index is 12.6. The van der Waals surface area contributed by atoms with E-state index in [1.54, 1.807) is 24.3 Å². The second-order valence-electron chi connectivity index (χ2n) is 8.49. The highest BCUT2D eigenvalue weighted by Crippen LogP contribution is 2.11. The lowest BCUT2D eigenvalue weighted by atomic mass is 10.0. The molecule has 0 aromatic heterocycles. The van der Waals surface area contributed by atoms with Crippen LogP contribution in [0.25, 0.3) is 0 Å². The van der Waals surface area contributed by atoms with Gasteiger partial charge in [0.15, 0.2) is 0 Å². The number of carbonyl (C=O) groups is 2. The molecule has 3 aromatic carbocycles.